The van der Waals surface area contributed by atoms with Crippen LogP contribution < -0.4 is 0 Å². The van der Waals surface area contributed by atoms with Crippen LogP contribution in [0.5, 0.6) is 0 Å². The minimum atomic E-state index is 0.192. The summed E-state index contributed by atoms with van der Waals surface area (Å²) in [6.45, 7) is 4.47. The van der Waals surface area contributed by atoms with Crippen molar-refractivity contribution in [1.29, 1.82) is 0 Å². The van der Waals surface area contributed by atoms with E-state index in [9.17, 15) is 4.79 Å². The van der Waals surface area contributed by atoms with Crippen LogP contribution in [0.4, 0.5) is 0 Å². The van der Waals surface area contributed by atoms with Crippen molar-refractivity contribution in [1.82, 2.24) is 19.4 Å². The highest BCUT2D eigenvalue weighted by Crippen LogP contribution is 2.30. The van der Waals surface area contributed by atoms with Gasteiger partial charge in [0.05, 0.1) is 25.5 Å². The van der Waals surface area contributed by atoms with E-state index in [1.807, 2.05) is 29.0 Å². The normalized spacial score (nSPS) is 16.6. The average molecular weight is 409 g/mol. The summed E-state index contributed by atoms with van der Waals surface area (Å²) in [4.78, 5) is 21.1. The first-order valence-corrected chi connectivity index (χ1v) is 10.3. The number of Topliss-reactive ketones (excluding diaryl/α,β-unsaturated/α-hetero) is 1. The lowest BCUT2D eigenvalue weighted by Gasteiger charge is -2.39. The fourth-order valence-electron chi connectivity index (χ4n) is 3.96. The van der Waals surface area contributed by atoms with Crippen LogP contribution in [-0.4, -0.2) is 57.9 Å². The summed E-state index contributed by atoms with van der Waals surface area (Å²) in [6.07, 6.45) is 5.21. The van der Waals surface area contributed by atoms with E-state index in [0.717, 1.165) is 31.2 Å². The fraction of sp³-hybridized carbons (Fsp3) is 0.304. The summed E-state index contributed by atoms with van der Waals surface area (Å²) in [7, 11) is 0. The molecule has 3 aromatic rings. The van der Waals surface area contributed by atoms with Crippen LogP contribution in [0.2, 0.25) is 5.02 Å². The Morgan fingerprint density at radius 1 is 0.931 bits per heavy atom. The van der Waals surface area contributed by atoms with Crippen molar-refractivity contribution in [3.8, 4) is 0 Å². The number of nitrogens with zero attached hydrogens (tertiary/aromatic N) is 4. The van der Waals surface area contributed by atoms with E-state index in [1.54, 1.807) is 12.5 Å². The summed E-state index contributed by atoms with van der Waals surface area (Å²) in [5.41, 5.74) is 2.52. The molecule has 2 heterocycles. The molecular formula is C23H25ClN4O. The number of rotatable bonds is 7. The van der Waals surface area contributed by atoms with Gasteiger partial charge in [0.25, 0.3) is 0 Å². The first kappa shape index (κ1) is 19.8. The number of imidazole rings is 1. The third-order valence-electron chi connectivity index (χ3n) is 5.39. The third kappa shape index (κ3) is 5.12. The Morgan fingerprint density at radius 2 is 1.62 bits per heavy atom. The summed E-state index contributed by atoms with van der Waals surface area (Å²) in [6, 6.07) is 18.9. The van der Waals surface area contributed by atoms with Crippen molar-refractivity contribution < 1.29 is 4.79 Å². The van der Waals surface area contributed by atoms with Gasteiger partial charge < -0.3 is 4.57 Å². The molecule has 0 saturated carbocycles. The molecule has 1 aromatic heterocycles. The highest BCUT2D eigenvalue weighted by Gasteiger charge is 2.27. The number of aromatic nitrogens is 2. The SMILES string of the molecule is O=C(CN1CCN(C(c2ccccc2)c2ccc(Cl)cc2)CC1)Cn1ccnc1. The van der Waals surface area contributed by atoms with Crippen molar-refractivity contribution in [3.63, 3.8) is 0 Å². The van der Waals surface area contributed by atoms with Crippen molar-refractivity contribution >= 4 is 17.4 Å². The minimum Gasteiger partial charge on any atom is -0.330 e. The zero-order valence-corrected chi connectivity index (χ0v) is 17.1. The second-order valence-corrected chi connectivity index (χ2v) is 7.89. The molecule has 5 nitrogen and oxygen atoms in total. The number of hydrogen-bond donors (Lipinski definition) is 0. The number of piperazine rings is 1. The van der Waals surface area contributed by atoms with Gasteiger partial charge in [0.2, 0.25) is 0 Å². The van der Waals surface area contributed by atoms with Gasteiger partial charge in [-0.25, -0.2) is 4.98 Å². The van der Waals surface area contributed by atoms with Crippen molar-refractivity contribution in [3.05, 3.63) is 89.5 Å². The fourth-order valence-corrected chi connectivity index (χ4v) is 4.08. The van der Waals surface area contributed by atoms with Crippen molar-refractivity contribution in [2.24, 2.45) is 0 Å². The summed E-state index contributed by atoms with van der Waals surface area (Å²) in [5.74, 6) is 0.216. The van der Waals surface area contributed by atoms with E-state index in [0.29, 0.717) is 13.1 Å². The van der Waals surface area contributed by atoms with Gasteiger partial charge in [-0.2, -0.15) is 0 Å². The van der Waals surface area contributed by atoms with Gasteiger partial charge in [0.15, 0.2) is 5.78 Å². The number of ketones is 1. The van der Waals surface area contributed by atoms with E-state index >= 15 is 0 Å². The molecule has 1 fully saturated rings. The molecule has 0 amide bonds. The zero-order valence-electron chi connectivity index (χ0n) is 16.3. The molecule has 0 N–H and O–H groups in total. The molecular weight excluding hydrogens is 384 g/mol. The molecule has 150 valence electrons. The molecule has 1 aliphatic rings. The van der Waals surface area contributed by atoms with Gasteiger partial charge in [-0.15, -0.1) is 0 Å². The minimum absolute atomic E-state index is 0.192. The van der Waals surface area contributed by atoms with Crippen molar-refractivity contribution in [2.75, 3.05) is 32.7 Å². The number of halogens is 1. The molecule has 4 rings (SSSR count). The maximum absolute atomic E-state index is 12.4. The van der Waals surface area contributed by atoms with Gasteiger partial charge in [-0.1, -0.05) is 54.1 Å². The molecule has 1 atom stereocenters. The largest absolute Gasteiger partial charge is 0.330 e. The number of carbonyl (C=O) groups excluding carboxylic acids is 1. The predicted octanol–water partition coefficient (Wildman–Crippen LogP) is 3.51. The van der Waals surface area contributed by atoms with Crippen LogP contribution in [-0.2, 0) is 11.3 Å². The van der Waals surface area contributed by atoms with E-state index in [-0.39, 0.29) is 11.8 Å². The quantitative estimate of drug-likeness (QED) is 0.600. The highest BCUT2D eigenvalue weighted by molar-refractivity contribution is 6.30. The number of hydrogen-bond acceptors (Lipinski definition) is 4. The Kier molecular flexibility index (Phi) is 6.39. The topological polar surface area (TPSA) is 41.4 Å². The Hall–Kier alpha value is -2.47. The Balaban J connectivity index is 1.41. The van der Waals surface area contributed by atoms with Gasteiger partial charge in [-0.05, 0) is 23.3 Å². The Bertz CT molecular complexity index is 904. The van der Waals surface area contributed by atoms with Gasteiger partial charge in [0, 0.05) is 43.6 Å². The maximum atomic E-state index is 12.4. The second-order valence-electron chi connectivity index (χ2n) is 7.45. The summed E-state index contributed by atoms with van der Waals surface area (Å²) >= 11 is 6.11. The molecule has 6 heteroatoms. The molecule has 2 aromatic carbocycles. The van der Waals surface area contributed by atoms with Crippen LogP contribution in [0.1, 0.15) is 17.2 Å². The first-order chi connectivity index (χ1) is 14.2. The summed E-state index contributed by atoms with van der Waals surface area (Å²) < 4.78 is 1.82. The monoisotopic (exact) mass is 408 g/mol. The van der Waals surface area contributed by atoms with E-state index in [2.05, 4.69) is 51.2 Å². The molecule has 0 radical (unpaired) electrons. The number of benzene rings is 2. The molecule has 29 heavy (non-hydrogen) atoms. The highest BCUT2D eigenvalue weighted by atomic mass is 35.5. The van der Waals surface area contributed by atoms with Crippen LogP contribution in [0.3, 0.4) is 0 Å². The predicted molar refractivity (Wildman–Crippen MR) is 115 cm³/mol. The zero-order chi connectivity index (χ0) is 20.1. The van der Waals surface area contributed by atoms with Crippen molar-refractivity contribution in [2.45, 2.75) is 12.6 Å². The Morgan fingerprint density at radius 3 is 2.28 bits per heavy atom. The molecule has 0 aliphatic carbocycles. The van der Waals surface area contributed by atoms with Crippen LogP contribution in [0.15, 0.2) is 73.3 Å². The van der Waals surface area contributed by atoms with E-state index < -0.39 is 0 Å². The Labute approximate surface area is 176 Å². The first-order valence-electron chi connectivity index (χ1n) is 9.93. The average Bonchev–Trinajstić information content (AvgIpc) is 3.24. The van der Waals surface area contributed by atoms with Crippen LogP contribution in [0.25, 0.3) is 0 Å². The lowest BCUT2D eigenvalue weighted by molar-refractivity contribution is -0.121. The number of carbonyl (C=O) groups is 1. The summed E-state index contributed by atoms with van der Waals surface area (Å²) in [5, 5.41) is 0.752. The standard InChI is InChI=1S/C23H25ClN4O/c24-21-8-6-20(7-9-21)23(19-4-2-1-3-5-19)28-14-12-26(13-15-28)16-22(29)17-27-11-10-25-18-27/h1-11,18,23H,12-17H2. The van der Waals surface area contributed by atoms with Gasteiger partial charge in [-0.3, -0.25) is 14.6 Å². The third-order valence-corrected chi connectivity index (χ3v) is 5.64. The molecule has 0 spiro atoms. The lowest BCUT2D eigenvalue weighted by Crippen LogP contribution is -2.49. The maximum Gasteiger partial charge on any atom is 0.166 e. The van der Waals surface area contributed by atoms with Gasteiger partial charge in [0.1, 0.15) is 0 Å². The van der Waals surface area contributed by atoms with E-state index in [1.165, 1.54) is 11.1 Å². The lowest BCUT2D eigenvalue weighted by atomic mass is 9.96. The smallest absolute Gasteiger partial charge is 0.166 e. The van der Waals surface area contributed by atoms with Gasteiger partial charge >= 0.3 is 0 Å². The molecule has 1 unspecified atom stereocenters. The molecule has 1 aliphatic heterocycles. The second kappa shape index (κ2) is 9.35. The molecule has 1 saturated heterocycles. The van der Waals surface area contributed by atoms with Crippen LogP contribution >= 0.6 is 11.6 Å². The van der Waals surface area contributed by atoms with E-state index in [4.69, 9.17) is 11.6 Å². The molecule has 0 bridgehead atoms. The van der Waals surface area contributed by atoms with Crippen LogP contribution in [0, 0.1) is 0 Å².